The molecule has 0 saturated carbocycles. The van der Waals surface area contributed by atoms with Crippen LogP contribution < -0.4 is 4.31 Å². The van der Waals surface area contributed by atoms with Crippen LogP contribution >= 0.6 is 10.8 Å². The second-order valence-electron chi connectivity index (χ2n) is 6.04. The van der Waals surface area contributed by atoms with Gasteiger partial charge in [0.05, 0.1) is 35.1 Å². The standard InChI is InChI=1S/C15H13F3N2O3S/c16-15(17,18)11-5-9(2-1-8(11)6-19)20-7-10-12-3-4-13(23-12)14(10)24(20,21)22/h1-5,10,12-14,21-22H,7H2/t10-,12+,13-,14-/m1/s1. The average Bonchev–Trinajstić information content (AvgIpc) is 3.18. The molecule has 0 aliphatic carbocycles. The summed E-state index contributed by atoms with van der Waals surface area (Å²) in [6.45, 7) is 0.196. The Bertz CT molecular complexity index is 774. The Kier molecular flexibility index (Phi) is 3.22. The van der Waals surface area contributed by atoms with Crippen molar-refractivity contribution in [3.8, 4) is 6.07 Å². The van der Waals surface area contributed by atoms with Crippen LogP contribution in [0.15, 0.2) is 30.4 Å². The molecule has 2 bridgehead atoms. The van der Waals surface area contributed by atoms with E-state index in [4.69, 9.17) is 10.00 Å². The Labute approximate surface area is 137 Å². The molecule has 3 aliphatic rings. The lowest BCUT2D eigenvalue weighted by molar-refractivity contribution is -0.137. The lowest BCUT2D eigenvalue weighted by Crippen LogP contribution is -2.31. The van der Waals surface area contributed by atoms with Gasteiger partial charge in [0.15, 0.2) is 0 Å². The van der Waals surface area contributed by atoms with Crippen molar-refractivity contribution >= 4 is 16.5 Å². The number of rotatable bonds is 1. The second-order valence-corrected chi connectivity index (χ2v) is 8.15. The molecular formula is C15H13F3N2O3S. The van der Waals surface area contributed by atoms with Gasteiger partial charge in [-0.1, -0.05) is 12.2 Å². The normalized spacial score (nSPS) is 34.2. The molecule has 0 radical (unpaired) electrons. The van der Waals surface area contributed by atoms with Crippen LogP contribution in [-0.2, 0) is 10.9 Å². The summed E-state index contributed by atoms with van der Waals surface area (Å²) in [5.74, 6) is -0.171. The zero-order chi connectivity index (χ0) is 17.3. The van der Waals surface area contributed by atoms with Gasteiger partial charge >= 0.3 is 6.18 Å². The first-order valence-electron chi connectivity index (χ1n) is 7.23. The molecule has 2 saturated heterocycles. The Morgan fingerprint density at radius 1 is 1.25 bits per heavy atom. The second kappa shape index (κ2) is 4.89. The van der Waals surface area contributed by atoms with Crippen LogP contribution in [0.4, 0.5) is 18.9 Å². The Balaban J connectivity index is 1.74. The molecule has 2 N–H and O–H groups in total. The zero-order valence-corrected chi connectivity index (χ0v) is 13.0. The number of nitriles is 1. The molecule has 1 aromatic rings. The number of hydrogen-bond acceptors (Lipinski definition) is 5. The van der Waals surface area contributed by atoms with Gasteiger partial charge < -0.3 is 4.74 Å². The van der Waals surface area contributed by atoms with Gasteiger partial charge in [-0.2, -0.15) is 18.4 Å². The number of alkyl halides is 3. The van der Waals surface area contributed by atoms with Gasteiger partial charge in [-0.15, -0.1) is 10.8 Å². The van der Waals surface area contributed by atoms with Crippen molar-refractivity contribution in [2.45, 2.75) is 23.6 Å². The summed E-state index contributed by atoms with van der Waals surface area (Å²) in [6.07, 6.45) is -1.73. The third-order valence-electron chi connectivity index (χ3n) is 4.76. The van der Waals surface area contributed by atoms with Gasteiger partial charge in [-0.25, -0.2) is 0 Å². The fourth-order valence-electron chi connectivity index (χ4n) is 3.70. The minimum absolute atomic E-state index is 0.0510. The van der Waals surface area contributed by atoms with E-state index in [2.05, 4.69) is 0 Å². The van der Waals surface area contributed by atoms with Crippen LogP contribution in [0.3, 0.4) is 0 Å². The molecule has 0 unspecified atom stereocenters. The number of halogens is 3. The maximum absolute atomic E-state index is 13.1. The third kappa shape index (κ3) is 2.07. The molecule has 2 fully saturated rings. The van der Waals surface area contributed by atoms with E-state index in [1.165, 1.54) is 16.4 Å². The minimum Gasteiger partial charge on any atom is -0.364 e. The van der Waals surface area contributed by atoms with E-state index in [-0.39, 0.29) is 24.3 Å². The third-order valence-corrected chi connectivity index (χ3v) is 7.11. The average molecular weight is 358 g/mol. The first-order valence-corrected chi connectivity index (χ1v) is 8.80. The number of anilines is 1. The van der Waals surface area contributed by atoms with Gasteiger partial charge in [0, 0.05) is 12.5 Å². The Hall–Kier alpha value is -1.73. The molecule has 24 heavy (non-hydrogen) atoms. The first-order chi connectivity index (χ1) is 11.2. The molecule has 0 aromatic heterocycles. The highest BCUT2D eigenvalue weighted by molar-refractivity contribution is 8.26. The number of ether oxygens (including phenoxy) is 1. The largest absolute Gasteiger partial charge is 0.417 e. The number of nitrogens with zero attached hydrogens (tertiary/aromatic N) is 2. The fourth-order valence-corrected chi connectivity index (χ4v) is 6.04. The van der Waals surface area contributed by atoms with E-state index in [0.29, 0.717) is 0 Å². The fraction of sp³-hybridized carbons (Fsp3) is 0.400. The van der Waals surface area contributed by atoms with Gasteiger partial charge in [0.1, 0.15) is 5.25 Å². The van der Waals surface area contributed by atoms with Crippen molar-refractivity contribution < 1.29 is 27.0 Å². The maximum atomic E-state index is 13.1. The molecule has 3 heterocycles. The summed E-state index contributed by atoms with van der Waals surface area (Å²) >= 11 is 0. The van der Waals surface area contributed by atoms with E-state index in [0.717, 1.165) is 12.1 Å². The first kappa shape index (κ1) is 15.8. The minimum atomic E-state index is -4.69. The lowest BCUT2D eigenvalue weighted by atomic mass is 9.94. The Morgan fingerprint density at radius 3 is 2.58 bits per heavy atom. The lowest BCUT2D eigenvalue weighted by Gasteiger charge is -2.43. The van der Waals surface area contributed by atoms with Gasteiger partial charge in [0.2, 0.25) is 0 Å². The molecule has 128 valence electrons. The monoisotopic (exact) mass is 358 g/mol. The molecule has 4 atom stereocenters. The quantitative estimate of drug-likeness (QED) is 0.753. The van der Waals surface area contributed by atoms with Crippen LogP contribution in [0.5, 0.6) is 0 Å². The summed E-state index contributed by atoms with van der Waals surface area (Å²) in [5.41, 5.74) is -1.52. The van der Waals surface area contributed by atoms with Crippen LogP contribution in [0.1, 0.15) is 11.1 Å². The highest BCUT2D eigenvalue weighted by Gasteiger charge is 2.59. The summed E-state index contributed by atoms with van der Waals surface area (Å²) in [6, 6.07) is 4.71. The predicted molar refractivity (Wildman–Crippen MR) is 81.4 cm³/mol. The van der Waals surface area contributed by atoms with Crippen LogP contribution in [0.2, 0.25) is 0 Å². The van der Waals surface area contributed by atoms with Crippen molar-refractivity contribution in [3.05, 3.63) is 41.5 Å². The van der Waals surface area contributed by atoms with E-state index in [1.54, 1.807) is 6.08 Å². The van der Waals surface area contributed by atoms with E-state index >= 15 is 0 Å². The number of fused-ring (bicyclic) bond motifs is 5. The van der Waals surface area contributed by atoms with Crippen LogP contribution in [0, 0.1) is 17.2 Å². The molecule has 9 heteroatoms. The maximum Gasteiger partial charge on any atom is 0.417 e. The van der Waals surface area contributed by atoms with E-state index in [1.807, 2.05) is 6.08 Å². The van der Waals surface area contributed by atoms with Crippen LogP contribution in [0.25, 0.3) is 0 Å². The van der Waals surface area contributed by atoms with Gasteiger partial charge in [-0.05, 0) is 18.2 Å². The summed E-state index contributed by atoms with van der Waals surface area (Å²) < 4.78 is 67.5. The smallest absolute Gasteiger partial charge is 0.364 e. The Morgan fingerprint density at radius 2 is 1.96 bits per heavy atom. The predicted octanol–water partition coefficient (Wildman–Crippen LogP) is 3.38. The van der Waals surface area contributed by atoms with Crippen LogP contribution in [-0.4, -0.2) is 33.1 Å². The van der Waals surface area contributed by atoms with Gasteiger partial charge in [-0.3, -0.25) is 13.4 Å². The van der Waals surface area contributed by atoms with Crippen molar-refractivity contribution in [1.82, 2.24) is 0 Å². The number of benzene rings is 1. The van der Waals surface area contributed by atoms with E-state index < -0.39 is 39.4 Å². The molecule has 4 rings (SSSR count). The molecule has 0 amide bonds. The molecular weight excluding hydrogens is 345 g/mol. The summed E-state index contributed by atoms with van der Waals surface area (Å²) in [4.78, 5) is 0. The van der Waals surface area contributed by atoms with Crippen molar-refractivity contribution in [2.24, 2.45) is 5.92 Å². The van der Waals surface area contributed by atoms with Crippen molar-refractivity contribution in [2.75, 3.05) is 10.8 Å². The van der Waals surface area contributed by atoms with Crippen molar-refractivity contribution in [3.63, 3.8) is 0 Å². The summed E-state index contributed by atoms with van der Waals surface area (Å²) in [5, 5.41) is 8.32. The van der Waals surface area contributed by atoms with Gasteiger partial charge in [0.25, 0.3) is 0 Å². The summed E-state index contributed by atoms with van der Waals surface area (Å²) in [7, 11) is -3.32. The molecule has 1 aromatic carbocycles. The SMILES string of the molecule is N#Cc1ccc(N2C[C@H]3[C@H]([C@H]4C=C[C@@H]3O4)S2(O)O)cc1C(F)(F)F. The highest BCUT2D eigenvalue weighted by atomic mass is 32.3. The van der Waals surface area contributed by atoms with Crippen molar-refractivity contribution in [1.29, 1.82) is 5.26 Å². The molecule has 0 spiro atoms. The zero-order valence-electron chi connectivity index (χ0n) is 12.1. The molecule has 5 nitrogen and oxygen atoms in total. The molecule has 3 aliphatic heterocycles. The highest BCUT2D eigenvalue weighted by Crippen LogP contribution is 2.64. The topological polar surface area (TPSA) is 76.7 Å². The van der Waals surface area contributed by atoms with E-state index in [9.17, 15) is 22.3 Å². The number of hydrogen-bond donors (Lipinski definition) is 2.